The number of fused-ring (bicyclic) bond motifs is 1. The number of benzene rings is 1. The number of hydrogen-bond donors (Lipinski definition) is 1. The molecule has 0 aliphatic carbocycles. The molecule has 2 nitrogen and oxygen atoms in total. The highest BCUT2D eigenvalue weighted by atomic mass is 79.9. The molecular formula is C15H21BrN2. The van der Waals surface area contributed by atoms with E-state index in [1.165, 1.54) is 22.9 Å². The van der Waals surface area contributed by atoms with Gasteiger partial charge in [-0.1, -0.05) is 29.8 Å². The van der Waals surface area contributed by atoms with Gasteiger partial charge in [-0.2, -0.15) is 0 Å². The van der Waals surface area contributed by atoms with Gasteiger partial charge in [-0.3, -0.25) is 0 Å². The van der Waals surface area contributed by atoms with Crippen LogP contribution in [-0.2, 0) is 6.42 Å². The second-order valence-electron chi connectivity index (χ2n) is 4.84. The van der Waals surface area contributed by atoms with Crippen molar-refractivity contribution in [2.45, 2.75) is 32.7 Å². The van der Waals surface area contributed by atoms with E-state index in [2.05, 4.69) is 71.1 Å². The van der Waals surface area contributed by atoms with Gasteiger partial charge in [-0.05, 0) is 50.2 Å². The van der Waals surface area contributed by atoms with Gasteiger partial charge in [0.15, 0.2) is 0 Å². The Labute approximate surface area is 118 Å². The summed E-state index contributed by atoms with van der Waals surface area (Å²) < 4.78 is 1.15. The maximum Gasteiger partial charge on any atom is 0.0457 e. The number of nitrogens with one attached hydrogen (secondary N) is 1. The standard InChI is InChI=1S/C15H21BrN2/c1-4-13(18(3)5-2)8-11-10-17-15-7-6-12(16)9-14(11)15/h6-7,9-10,13,17H,4-5,8H2,1-3H3. The number of aromatic amines is 1. The van der Waals surface area contributed by atoms with Gasteiger partial charge in [0.1, 0.15) is 0 Å². The Morgan fingerprint density at radius 1 is 1.33 bits per heavy atom. The smallest absolute Gasteiger partial charge is 0.0457 e. The van der Waals surface area contributed by atoms with Crippen molar-refractivity contribution in [1.29, 1.82) is 0 Å². The van der Waals surface area contributed by atoms with E-state index in [4.69, 9.17) is 0 Å². The van der Waals surface area contributed by atoms with Crippen LogP contribution in [-0.4, -0.2) is 29.5 Å². The average Bonchev–Trinajstić information content (AvgIpc) is 2.77. The van der Waals surface area contributed by atoms with Crippen LogP contribution in [0, 0.1) is 0 Å². The third kappa shape index (κ3) is 2.78. The minimum absolute atomic E-state index is 0.619. The number of hydrogen-bond acceptors (Lipinski definition) is 1. The fourth-order valence-corrected chi connectivity index (χ4v) is 2.80. The first-order valence-electron chi connectivity index (χ1n) is 6.61. The molecule has 0 aliphatic heterocycles. The molecule has 0 saturated heterocycles. The Balaban J connectivity index is 2.28. The number of likely N-dealkylation sites (N-methyl/N-ethyl adjacent to an activating group) is 1. The van der Waals surface area contributed by atoms with Crippen molar-refractivity contribution in [3.63, 3.8) is 0 Å². The van der Waals surface area contributed by atoms with Gasteiger partial charge in [-0.15, -0.1) is 0 Å². The summed E-state index contributed by atoms with van der Waals surface area (Å²) in [4.78, 5) is 5.79. The summed E-state index contributed by atoms with van der Waals surface area (Å²) in [6.45, 7) is 5.58. The van der Waals surface area contributed by atoms with Crippen LogP contribution in [0.4, 0.5) is 0 Å². The second-order valence-corrected chi connectivity index (χ2v) is 5.76. The number of nitrogens with zero attached hydrogens (tertiary/aromatic N) is 1. The first kappa shape index (κ1) is 13.6. The maximum atomic E-state index is 3.55. The molecule has 0 radical (unpaired) electrons. The molecule has 0 bridgehead atoms. The molecular weight excluding hydrogens is 288 g/mol. The molecule has 18 heavy (non-hydrogen) atoms. The first-order chi connectivity index (χ1) is 8.65. The fraction of sp³-hybridized carbons (Fsp3) is 0.467. The Hall–Kier alpha value is -0.800. The van der Waals surface area contributed by atoms with Crippen molar-refractivity contribution < 1.29 is 0 Å². The molecule has 2 rings (SSSR count). The molecule has 3 heteroatoms. The van der Waals surface area contributed by atoms with Crippen molar-refractivity contribution in [3.8, 4) is 0 Å². The minimum Gasteiger partial charge on any atom is -0.361 e. The zero-order valence-corrected chi connectivity index (χ0v) is 12.9. The average molecular weight is 309 g/mol. The SMILES string of the molecule is CCC(Cc1c[nH]c2ccc(Br)cc12)N(C)CC. The molecule has 1 atom stereocenters. The maximum absolute atomic E-state index is 3.55. The Kier molecular flexibility index (Phi) is 4.46. The second kappa shape index (κ2) is 5.89. The third-order valence-corrected chi connectivity index (χ3v) is 4.27. The number of rotatable bonds is 5. The summed E-state index contributed by atoms with van der Waals surface area (Å²) in [5.74, 6) is 0. The van der Waals surface area contributed by atoms with Gasteiger partial charge in [0.25, 0.3) is 0 Å². The van der Waals surface area contributed by atoms with Crippen LogP contribution in [0.25, 0.3) is 10.9 Å². The van der Waals surface area contributed by atoms with E-state index in [1.54, 1.807) is 0 Å². The topological polar surface area (TPSA) is 19.0 Å². The first-order valence-corrected chi connectivity index (χ1v) is 7.40. The van der Waals surface area contributed by atoms with Crippen LogP contribution in [0.2, 0.25) is 0 Å². The summed E-state index contributed by atoms with van der Waals surface area (Å²) in [6, 6.07) is 7.04. The lowest BCUT2D eigenvalue weighted by Crippen LogP contribution is -2.32. The molecule has 1 N–H and O–H groups in total. The van der Waals surface area contributed by atoms with E-state index in [0.717, 1.165) is 17.4 Å². The quantitative estimate of drug-likeness (QED) is 0.877. The summed E-state index contributed by atoms with van der Waals surface area (Å²) in [5.41, 5.74) is 2.64. The van der Waals surface area contributed by atoms with Gasteiger partial charge >= 0.3 is 0 Å². The van der Waals surface area contributed by atoms with Crippen molar-refractivity contribution in [1.82, 2.24) is 9.88 Å². The molecule has 0 saturated carbocycles. The third-order valence-electron chi connectivity index (χ3n) is 3.78. The van der Waals surface area contributed by atoms with E-state index >= 15 is 0 Å². The Bertz CT molecular complexity index is 518. The van der Waals surface area contributed by atoms with Crippen LogP contribution in [0.5, 0.6) is 0 Å². The zero-order valence-electron chi connectivity index (χ0n) is 11.3. The van der Waals surface area contributed by atoms with Gasteiger partial charge in [0, 0.05) is 27.6 Å². The molecule has 0 amide bonds. The van der Waals surface area contributed by atoms with Crippen molar-refractivity contribution in [2.24, 2.45) is 0 Å². The van der Waals surface area contributed by atoms with Gasteiger partial charge in [-0.25, -0.2) is 0 Å². The van der Waals surface area contributed by atoms with Crippen LogP contribution >= 0.6 is 15.9 Å². The highest BCUT2D eigenvalue weighted by molar-refractivity contribution is 9.10. The molecule has 1 aromatic carbocycles. The van der Waals surface area contributed by atoms with Crippen LogP contribution < -0.4 is 0 Å². The predicted molar refractivity (Wildman–Crippen MR) is 82.1 cm³/mol. The van der Waals surface area contributed by atoms with E-state index in [0.29, 0.717) is 6.04 Å². The minimum atomic E-state index is 0.619. The van der Waals surface area contributed by atoms with Crippen molar-refractivity contribution >= 4 is 26.8 Å². The molecule has 0 aliphatic rings. The lowest BCUT2D eigenvalue weighted by Gasteiger charge is -2.25. The summed E-state index contributed by atoms with van der Waals surface area (Å²) >= 11 is 3.55. The fourth-order valence-electron chi connectivity index (χ4n) is 2.44. The molecule has 2 aromatic rings. The highest BCUT2D eigenvalue weighted by Crippen LogP contribution is 2.24. The number of halogens is 1. The number of H-pyrrole nitrogens is 1. The molecule has 1 unspecified atom stereocenters. The van der Waals surface area contributed by atoms with Crippen LogP contribution in [0.1, 0.15) is 25.8 Å². The predicted octanol–water partition coefficient (Wildman–Crippen LogP) is 4.20. The monoisotopic (exact) mass is 308 g/mol. The summed E-state index contributed by atoms with van der Waals surface area (Å²) in [6.07, 6.45) is 4.45. The highest BCUT2D eigenvalue weighted by Gasteiger charge is 2.14. The Morgan fingerprint density at radius 3 is 2.78 bits per heavy atom. The van der Waals surface area contributed by atoms with E-state index < -0.39 is 0 Å². The van der Waals surface area contributed by atoms with Crippen LogP contribution in [0.3, 0.4) is 0 Å². The van der Waals surface area contributed by atoms with E-state index in [-0.39, 0.29) is 0 Å². The normalized spacial score (nSPS) is 13.4. The van der Waals surface area contributed by atoms with Crippen molar-refractivity contribution in [2.75, 3.05) is 13.6 Å². The molecule has 1 heterocycles. The summed E-state index contributed by atoms with van der Waals surface area (Å²) in [5, 5.41) is 1.34. The number of aromatic nitrogens is 1. The van der Waals surface area contributed by atoms with Gasteiger partial charge in [0.2, 0.25) is 0 Å². The van der Waals surface area contributed by atoms with E-state index in [1.807, 2.05) is 0 Å². The summed E-state index contributed by atoms with van der Waals surface area (Å²) in [7, 11) is 2.21. The molecule has 1 aromatic heterocycles. The van der Waals surface area contributed by atoms with E-state index in [9.17, 15) is 0 Å². The Morgan fingerprint density at radius 2 is 2.11 bits per heavy atom. The zero-order chi connectivity index (χ0) is 13.1. The lowest BCUT2D eigenvalue weighted by atomic mass is 10.0. The lowest BCUT2D eigenvalue weighted by molar-refractivity contribution is 0.246. The molecule has 98 valence electrons. The molecule has 0 spiro atoms. The van der Waals surface area contributed by atoms with Gasteiger partial charge in [0.05, 0.1) is 0 Å². The largest absolute Gasteiger partial charge is 0.361 e. The van der Waals surface area contributed by atoms with Crippen LogP contribution in [0.15, 0.2) is 28.9 Å². The van der Waals surface area contributed by atoms with Crippen molar-refractivity contribution in [3.05, 3.63) is 34.4 Å². The van der Waals surface area contributed by atoms with Gasteiger partial charge < -0.3 is 9.88 Å². The molecule has 0 fully saturated rings.